The normalized spacial score (nSPS) is 24.4. The zero-order valence-corrected chi connectivity index (χ0v) is 14.6. The van der Waals surface area contributed by atoms with Crippen molar-refractivity contribution >= 4 is 5.97 Å². The van der Waals surface area contributed by atoms with E-state index in [1.807, 2.05) is 0 Å². The lowest BCUT2D eigenvalue weighted by Gasteiger charge is -2.29. The summed E-state index contributed by atoms with van der Waals surface area (Å²) in [4.78, 5) is 11.5. The van der Waals surface area contributed by atoms with Crippen LogP contribution < -0.4 is 0 Å². The van der Waals surface area contributed by atoms with E-state index in [0.717, 1.165) is 37.7 Å². The molecule has 2 atom stereocenters. The third kappa shape index (κ3) is 4.75. The van der Waals surface area contributed by atoms with E-state index in [1.165, 1.54) is 13.2 Å². The van der Waals surface area contributed by atoms with Crippen LogP contribution >= 0.6 is 0 Å². The highest BCUT2D eigenvalue weighted by atomic mass is 16.5. The van der Waals surface area contributed by atoms with Gasteiger partial charge in [0.05, 0.1) is 13.2 Å². The molecule has 1 aliphatic heterocycles. The molecule has 1 rings (SSSR count). The SMILES string of the molecule is CCC=C[C@H](CC)C[C@]1(CC)C=C(CC)C(=CC(=O)OC)O1. The van der Waals surface area contributed by atoms with Gasteiger partial charge in [0.15, 0.2) is 0 Å². The largest absolute Gasteiger partial charge is 0.483 e. The molecule has 3 nitrogen and oxygen atoms in total. The molecule has 0 saturated carbocycles. The maximum absolute atomic E-state index is 11.5. The number of rotatable bonds is 8. The van der Waals surface area contributed by atoms with Gasteiger partial charge in [-0.1, -0.05) is 39.8 Å². The summed E-state index contributed by atoms with van der Waals surface area (Å²) < 4.78 is 10.9. The highest BCUT2D eigenvalue weighted by molar-refractivity contribution is 5.83. The van der Waals surface area contributed by atoms with Gasteiger partial charge in [-0.2, -0.15) is 0 Å². The smallest absolute Gasteiger partial charge is 0.334 e. The molecule has 1 heterocycles. The van der Waals surface area contributed by atoms with Gasteiger partial charge in [-0.15, -0.1) is 0 Å². The summed E-state index contributed by atoms with van der Waals surface area (Å²) in [7, 11) is 1.39. The van der Waals surface area contributed by atoms with Crippen molar-refractivity contribution < 1.29 is 14.3 Å². The fourth-order valence-electron chi connectivity index (χ4n) is 2.81. The van der Waals surface area contributed by atoms with Crippen LogP contribution in [0.25, 0.3) is 0 Å². The Bertz CT molecular complexity index is 459. The Morgan fingerprint density at radius 2 is 2.09 bits per heavy atom. The standard InChI is InChI=1S/C19H30O3/c1-6-10-11-15(7-2)13-19(9-4)14-16(8-3)17(22-19)12-18(20)21-5/h10-12,14-15H,6-9,13H2,1-5H3/t15-,19+/m0/s1. The van der Waals surface area contributed by atoms with Crippen LogP contribution in [0.4, 0.5) is 0 Å². The summed E-state index contributed by atoms with van der Waals surface area (Å²) >= 11 is 0. The number of carbonyl (C=O) groups excluding carboxylic acids is 1. The number of hydrogen-bond donors (Lipinski definition) is 0. The van der Waals surface area contributed by atoms with Gasteiger partial charge in [-0.3, -0.25) is 0 Å². The van der Waals surface area contributed by atoms with Crippen LogP contribution in [0.2, 0.25) is 0 Å². The van der Waals surface area contributed by atoms with Crippen molar-refractivity contribution in [3.05, 3.63) is 35.6 Å². The Labute approximate surface area is 135 Å². The number of ether oxygens (including phenoxy) is 2. The van der Waals surface area contributed by atoms with Gasteiger partial charge >= 0.3 is 5.97 Å². The first-order chi connectivity index (χ1) is 10.5. The Kier molecular flexibility index (Phi) is 7.43. The molecule has 0 fully saturated rings. The quantitative estimate of drug-likeness (QED) is 0.362. The van der Waals surface area contributed by atoms with Crippen LogP contribution in [-0.4, -0.2) is 18.7 Å². The Balaban J connectivity index is 2.99. The predicted octanol–water partition coefficient (Wildman–Crippen LogP) is 4.94. The van der Waals surface area contributed by atoms with Crippen molar-refractivity contribution in [2.75, 3.05) is 7.11 Å². The van der Waals surface area contributed by atoms with Crippen molar-refractivity contribution in [2.45, 2.75) is 65.4 Å². The molecule has 3 heteroatoms. The van der Waals surface area contributed by atoms with Gasteiger partial charge in [-0.05, 0) is 49.7 Å². The van der Waals surface area contributed by atoms with Gasteiger partial charge < -0.3 is 9.47 Å². The molecule has 0 radical (unpaired) electrons. The van der Waals surface area contributed by atoms with Crippen LogP contribution in [-0.2, 0) is 14.3 Å². The number of hydrogen-bond acceptors (Lipinski definition) is 3. The minimum atomic E-state index is -0.362. The first-order valence-electron chi connectivity index (χ1n) is 8.41. The highest BCUT2D eigenvalue weighted by Gasteiger charge is 2.37. The van der Waals surface area contributed by atoms with Crippen molar-refractivity contribution in [1.29, 1.82) is 0 Å². The molecule has 0 bridgehead atoms. The van der Waals surface area contributed by atoms with Crippen molar-refractivity contribution in [3.8, 4) is 0 Å². The molecule has 1 aliphatic rings. The Hall–Kier alpha value is -1.51. The maximum atomic E-state index is 11.5. The average Bonchev–Trinajstić information content (AvgIpc) is 2.89. The van der Waals surface area contributed by atoms with E-state index >= 15 is 0 Å². The van der Waals surface area contributed by atoms with Crippen molar-refractivity contribution in [1.82, 2.24) is 0 Å². The Morgan fingerprint density at radius 3 is 2.59 bits per heavy atom. The summed E-state index contributed by atoms with van der Waals surface area (Å²) in [6.07, 6.45) is 13.0. The molecule has 22 heavy (non-hydrogen) atoms. The number of methoxy groups -OCH3 is 1. The number of carbonyl (C=O) groups is 1. The molecular weight excluding hydrogens is 276 g/mol. The zero-order chi connectivity index (χ0) is 16.6. The van der Waals surface area contributed by atoms with E-state index in [4.69, 9.17) is 9.47 Å². The van der Waals surface area contributed by atoms with Crippen LogP contribution in [0.15, 0.2) is 35.6 Å². The molecule has 124 valence electrons. The van der Waals surface area contributed by atoms with Crippen LogP contribution in [0, 0.1) is 5.92 Å². The Morgan fingerprint density at radius 1 is 1.36 bits per heavy atom. The molecule has 0 aromatic rings. The molecule has 0 aromatic heterocycles. The number of esters is 1. The molecule has 0 aliphatic carbocycles. The first-order valence-corrected chi connectivity index (χ1v) is 8.41. The average molecular weight is 306 g/mol. The third-order valence-electron chi connectivity index (χ3n) is 4.27. The summed E-state index contributed by atoms with van der Waals surface area (Å²) in [5.41, 5.74) is 0.797. The summed E-state index contributed by atoms with van der Waals surface area (Å²) in [5, 5.41) is 0. The van der Waals surface area contributed by atoms with Gasteiger partial charge in [0.1, 0.15) is 11.4 Å². The van der Waals surface area contributed by atoms with Gasteiger partial charge in [0.25, 0.3) is 0 Å². The second kappa shape index (κ2) is 8.82. The summed E-state index contributed by atoms with van der Waals surface area (Å²) in [6.45, 7) is 8.58. The number of allylic oxidation sites excluding steroid dienone is 3. The molecule has 0 N–H and O–H groups in total. The third-order valence-corrected chi connectivity index (χ3v) is 4.27. The van der Waals surface area contributed by atoms with Gasteiger partial charge in [0.2, 0.25) is 0 Å². The lowest BCUT2D eigenvalue weighted by atomic mass is 9.86. The van der Waals surface area contributed by atoms with E-state index in [9.17, 15) is 4.79 Å². The van der Waals surface area contributed by atoms with E-state index in [0.29, 0.717) is 11.7 Å². The molecule has 0 aromatic carbocycles. The van der Waals surface area contributed by atoms with Crippen LogP contribution in [0.3, 0.4) is 0 Å². The molecule has 0 amide bonds. The van der Waals surface area contributed by atoms with Crippen LogP contribution in [0.1, 0.15) is 59.8 Å². The van der Waals surface area contributed by atoms with Gasteiger partial charge in [0, 0.05) is 0 Å². The minimum Gasteiger partial charge on any atom is -0.483 e. The molecular formula is C19H30O3. The fraction of sp³-hybridized carbons (Fsp3) is 0.632. The fourth-order valence-corrected chi connectivity index (χ4v) is 2.81. The molecule has 0 spiro atoms. The summed E-state index contributed by atoms with van der Waals surface area (Å²) in [6, 6.07) is 0. The molecule has 0 saturated heterocycles. The first kappa shape index (κ1) is 18.5. The topological polar surface area (TPSA) is 35.5 Å². The zero-order valence-electron chi connectivity index (χ0n) is 14.6. The highest BCUT2D eigenvalue weighted by Crippen LogP contribution is 2.40. The monoisotopic (exact) mass is 306 g/mol. The van der Waals surface area contributed by atoms with E-state index in [2.05, 4.69) is 45.9 Å². The predicted molar refractivity (Wildman–Crippen MR) is 90.4 cm³/mol. The van der Waals surface area contributed by atoms with Gasteiger partial charge in [-0.25, -0.2) is 4.79 Å². The summed E-state index contributed by atoms with van der Waals surface area (Å²) in [5.74, 6) is 0.802. The lowest BCUT2D eigenvalue weighted by molar-refractivity contribution is -0.135. The van der Waals surface area contributed by atoms with Crippen LogP contribution in [0.5, 0.6) is 0 Å². The minimum absolute atomic E-state index is 0.302. The van der Waals surface area contributed by atoms with Crippen molar-refractivity contribution in [3.63, 3.8) is 0 Å². The van der Waals surface area contributed by atoms with E-state index in [1.54, 1.807) is 0 Å². The maximum Gasteiger partial charge on any atom is 0.334 e. The lowest BCUT2D eigenvalue weighted by Crippen LogP contribution is -2.28. The second-order valence-electron chi connectivity index (χ2n) is 5.78. The van der Waals surface area contributed by atoms with E-state index < -0.39 is 0 Å². The van der Waals surface area contributed by atoms with E-state index in [-0.39, 0.29) is 11.6 Å². The second-order valence-corrected chi connectivity index (χ2v) is 5.78. The van der Waals surface area contributed by atoms with Crippen molar-refractivity contribution in [2.24, 2.45) is 5.92 Å². The molecule has 0 unspecified atom stereocenters.